The van der Waals surface area contributed by atoms with E-state index in [0.29, 0.717) is 18.5 Å². The van der Waals surface area contributed by atoms with Crippen LogP contribution in [0.15, 0.2) is 16.5 Å². The zero-order valence-electron chi connectivity index (χ0n) is 14.4. The highest BCUT2D eigenvalue weighted by molar-refractivity contribution is 5.38. The number of rotatable bonds is 5. The maximum absolute atomic E-state index is 5.79. The lowest BCUT2D eigenvalue weighted by atomic mass is 10.0. The molecular formula is C17H24N6O. The van der Waals surface area contributed by atoms with Crippen LogP contribution in [0.5, 0.6) is 0 Å². The normalized spacial score (nSPS) is 21.5. The molecule has 4 rings (SSSR count). The van der Waals surface area contributed by atoms with E-state index < -0.39 is 0 Å². The molecule has 3 heterocycles. The van der Waals surface area contributed by atoms with Crippen molar-refractivity contribution in [2.45, 2.75) is 51.1 Å². The van der Waals surface area contributed by atoms with E-state index in [2.05, 4.69) is 43.3 Å². The second-order valence-corrected chi connectivity index (χ2v) is 7.00. The minimum absolute atomic E-state index is 0.457. The van der Waals surface area contributed by atoms with Crippen LogP contribution in [0.2, 0.25) is 0 Å². The van der Waals surface area contributed by atoms with Gasteiger partial charge in [0.15, 0.2) is 5.82 Å². The van der Waals surface area contributed by atoms with Gasteiger partial charge in [-0.3, -0.25) is 4.90 Å². The Hall–Kier alpha value is -2.02. The Morgan fingerprint density at radius 2 is 2.04 bits per heavy atom. The Bertz CT molecular complexity index is 681. The van der Waals surface area contributed by atoms with Crippen LogP contribution in [-0.4, -0.2) is 51.5 Å². The average molecular weight is 328 g/mol. The van der Waals surface area contributed by atoms with Gasteiger partial charge in [-0.1, -0.05) is 0 Å². The molecular weight excluding hydrogens is 304 g/mol. The number of aromatic nitrogens is 4. The molecule has 2 aliphatic rings. The van der Waals surface area contributed by atoms with E-state index in [0.717, 1.165) is 42.8 Å². The summed E-state index contributed by atoms with van der Waals surface area (Å²) in [4.78, 5) is 4.64. The van der Waals surface area contributed by atoms with E-state index in [1.807, 2.05) is 13.0 Å². The summed E-state index contributed by atoms with van der Waals surface area (Å²) >= 11 is 0. The molecule has 1 aliphatic heterocycles. The van der Waals surface area contributed by atoms with Crippen molar-refractivity contribution in [3.05, 3.63) is 29.6 Å². The summed E-state index contributed by atoms with van der Waals surface area (Å²) in [5, 5.41) is 16.9. The van der Waals surface area contributed by atoms with Crippen molar-refractivity contribution in [2.75, 3.05) is 25.0 Å². The predicted octanol–water partition coefficient (Wildman–Crippen LogP) is 2.15. The molecule has 2 fully saturated rings. The summed E-state index contributed by atoms with van der Waals surface area (Å²) in [6.45, 7) is 4.66. The summed E-state index contributed by atoms with van der Waals surface area (Å²) in [7, 11) is 2.13. The summed E-state index contributed by atoms with van der Waals surface area (Å²) in [6.07, 6.45) is 4.71. The minimum Gasteiger partial charge on any atom is -0.424 e. The van der Waals surface area contributed by atoms with Crippen LogP contribution in [0.4, 0.5) is 5.82 Å². The third-order valence-electron chi connectivity index (χ3n) is 4.92. The molecule has 2 aromatic rings. The Balaban J connectivity index is 1.38. The molecule has 0 bridgehead atoms. The fourth-order valence-electron chi connectivity index (χ4n) is 3.25. The number of likely N-dealkylation sites (N-methyl/N-ethyl adjacent to an activating group) is 1. The molecule has 1 saturated heterocycles. The summed E-state index contributed by atoms with van der Waals surface area (Å²) in [5.41, 5.74) is 0.951. The zero-order chi connectivity index (χ0) is 16.5. The highest BCUT2D eigenvalue weighted by Gasteiger charge is 2.30. The summed E-state index contributed by atoms with van der Waals surface area (Å²) in [6, 6.07) is 4.54. The van der Waals surface area contributed by atoms with Gasteiger partial charge >= 0.3 is 0 Å². The minimum atomic E-state index is 0.457. The van der Waals surface area contributed by atoms with E-state index in [-0.39, 0.29) is 0 Å². The molecule has 0 N–H and O–H groups in total. The van der Waals surface area contributed by atoms with Gasteiger partial charge in [0.1, 0.15) is 0 Å². The van der Waals surface area contributed by atoms with E-state index >= 15 is 0 Å². The van der Waals surface area contributed by atoms with E-state index in [1.165, 1.54) is 19.3 Å². The highest BCUT2D eigenvalue weighted by atomic mass is 16.4. The Labute approximate surface area is 142 Å². The van der Waals surface area contributed by atoms with Crippen molar-refractivity contribution in [1.82, 2.24) is 25.3 Å². The number of hydrogen-bond donors (Lipinski definition) is 0. The standard InChI is InChI=1S/C17H24N6O/c1-12-5-8-15(19-18-12)23-9-3-4-14(10-23)22(2)11-16-20-21-17(24-16)13-6-7-13/h5,8,13-14H,3-4,6-7,9-11H2,1-2H3. The van der Waals surface area contributed by atoms with Crippen LogP contribution < -0.4 is 4.90 Å². The monoisotopic (exact) mass is 328 g/mol. The third kappa shape index (κ3) is 3.40. The van der Waals surface area contributed by atoms with Crippen molar-refractivity contribution in [1.29, 1.82) is 0 Å². The van der Waals surface area contributed by atoms with E-state index in [9.17, 15) is 0 Å². The van der Waals surface area contributed by atoms with Crippen molar-refractivity contribution in [2.24, 2.45) is 0 Å². The fourth-order valence-corrected chi connectivity index (χ4v) is 3.25. The molecule has 0 spiro atoms. The van der Waals surface area contributed by atoms with Crippen LogP contribution in [0.3, 0.4) is 0 Å². The summed E-state index contributed by atoms with van der Waals surface area (Å²) < 4.78 is 5.79. The van der Waals surface area contributed by atoms with Crippen LogP contribution in [0.1, 0.15) is 49.1 Å². The van der Waals surface area contributed by atoms with Gasteiger partial charge in [-0.15, -0.1) is 15.3 Å². The first-order chi connectivity index (χ1) is 11.7. The van der Waals surface area contributed by atoms with Gasteiger partial charge in [0, 0.05) is 25.0 Å². The average Bonchev–Trinajstić information content (AvgIpc) is 3.35. The molecule has 1 atom stereocenters. The predicted molar refractivity (Wildman–Crippen MR) is 89.7 cm³/mol. The van der Waals surface area contributed by atoms with Gasteiger partial charge in [-0.2, -0.15) is 5.10 Å². The number of aryl methyl sites for hydroxylation is 1. The van der Waals surface area contributed by atoms with Crippen LogP contribution in [0, 0.1) is 6.92 Å². The largest absolute Gasteiger partial charge is 0.424 e. The Kier molecular flexibility index (Phi) is 4.18. The highest BCUT2D eigenvalue weighted by Crippen LogP contribution is 2.39. The SMILES string of the molecule is Cc1ccc(N2CCCC(N(C)Cc3nnc(C4CC4)o3)C2)nn1. The molecule has 0 radical (unpaired) electrons. The number of nitrogens with zero attached hydrogens (tertiary/aromatic N) is 6. The van der Waals surface area contributed by atoms with Crippen molar-refractivity contribution < 1.29 is 4.42 Å². The molecule has 1 saturated carbocycles. The molecule has 7 nitrogen and oxygen atoms in total. The van der Waals surface area contributed by atoms with Gasteiger partial charge in [-0.25, -0.2) is 0 Å². The third-order valence-corrected chi connectivity index (χ3v) is 4.92. The van der Waals surface area contributed by atoms with E-state index in [4.69, 9.17) is 4.42 Å². The second kappa shape index (κ2) is 6.47. The smallest absolute Gasteiger partial charge is 0.230 e. The van der Waals surface area contributed by atoms with Crippen molar-refractivity contribution in [3.63, 3.8) is 0 Å². The van der Waals surface area contributed by atoms with Gasteiger partial charge in [0.2, 0.25) is 11.8 Å². The Morgan fingerprint density at radius 3 is 2.79 bits per heavy atom. The number of anilines is 1. The molecule has 0 amide bonds. The summed E-state index contributed by atoms with van der Waals surface area (Å²) in [5.74, 6) is 3.03. The first-order valence-electron chi connectivity index (χ1n) is 8.77. The fraction of sp³-hybridized carbons (Fsp3) is 0.647. The van der Waals surface area contributed by atoms with Crippen LogP contribution >= 0.6 is 0 Å². The molecule has 1 aliphatic carbocycles. The molecule has 1 unspecified atom stereocenters. The van der Waals surface area contributed by atoms with Gasteiger partial charge < -0.3 is 9.32 Å². The lowest BCUT2D eigenvalue weighted by Crippen LogP contribution is -2.46. The van der Waals surface area contributed by atoms with Gasteiger partial charge in [0.05, 0.1) is 12.2 Å². The molecule has 0 aromatic carbocycles. The number of piperidine rings is 1. The quantitative estimate of drug-likeness (QED) is 0.832. The molecule has 2 aromatic heterocycles. The molecule has 7 heteroatoms. The van der Waals surface area contributed by atoms with Crippen molar-refractivity contribution in [3.8, 4) is 0 Å². The topological polar surface area (TPSA) is 71.2 Å². The first-order valence-corrected chi connectivity index (χ1v) is 8.77. The molecule has 24 heavy (non-hydrogen) atoms. The van der Waals surface area contributed by atoms with Gasteiger partial charge in [-0.05, 0) is 51.8 Å². The zero-order valence-corrected chi connectivity index (χ0v) is 14.4. The lowest BCUT2D eigenvalue weighted by molar-refractivity contribution is 0.189. The van der Waals surface area contributed by atoms with Crippen molar-refractivity contribution >= 4 is 5.82 Å². The lowest BCUT2D eigenvalue weighted by Gasteiger charge is -2.37. The Morgan fingerprint density at radius 1 is 1.17 bits per heavy atom. The first kappa shape index (κ1) is 15.5. The van der Waals surface area contributed by atoms with Crippen LogP contribution in [-0.2, 0) is 6.54 Å². The maximum Gasteiger partial charge on any atom is 0.230 e. The molecule has 128 valence electrons. The maximum atomic E-state index is 5.79. The van der Waals surface area contributed by atoms with E-state index in [1.54, 1.807) is 0 Å². The van der Waals surface area contributed by atoms with Crippen LogP contribution in [0.25, 0.3) is 0 Å². The van der Waals surface area contributed by atoms with Gasteiger partial charge in [0.25, 0.3) is 0 Å². The second-order valence-electron chi connectivity index (χ2n) is 7.00. The number of hydrogen-bond acceptors (Lipinski definition) is 7.